The lowest BCUT2D eigenvalue weighted by Gasteiger charge is -2.07. The summed E-state index contributed by atoms with van der Waals surface area (Å²) in [7, 11) is 0. The highest BCUT2D eigenvalue weighted by Gasteiger charge is 2.05. The summed E-state index contributed by atoms with van der Waals surface area (Å²) in [5.41, 5.74) is 2.72. The van der Waals surface area contributed by atoms with Crippen LogP contribution < -0.4 is 5.32 Å². The molecule has 0 radical (unpaired) electrons. The highest BCUT2D eigenvalue weighted by Crippen LogP contribution is 2.22. The molecular formula is C16H17F2N. The number of hydrogen-bond acceptors (Lipinski definition) is 1. The van der Waals surface area contributed by atoms with Crippen molar-refractivity contribution in [3.8, 4) is 11.1 Å². The molecule has 0 bridgehead atoms. The van der Waals surface area contributed by atoms with Gasteiger partial charge in [-0.3, -0.25) is 0 Å². The molecule has 2 rings (SSSR count). The third kappa shape index (κ3) is 3.61. The van der Waals surface area contributed by atoms with E-state index < -0.39 is 11.6 Å². The monoisotopic (exact) mass is 261 g/mol. The van der Waals surface area contributed by atoms with Crippen LogP contribution in [0.25, 0.3) is 11.1 Å². The normalized spacial score (nSPS) is 10.7. The van der Waals surface area contributed by atoms with Gasteiger partial charge in [0.25, 0.3) is 0 Å². The van der Waals surface area contributed by atoms with Crippen LogP contribution in [-0.2, 0) is 6.54 Å². The summed E-state index contributed by atoms with van der Waals surface area (Å²) in [4.78, 5) is 0. The average Bonchev–Trinajstić information content (AvgIpc) is 2.43. The van der Waals surface area contributed by atoms with Crippen LogP contribution in [0.15, 0.2) is 42.5 Å². The Morgan fingerprint density at radius 3 is 2.47 bits per heavy atom. The van der Waals surface area contributed by atoms with Crippen molar-refractivity contribution in [3.05, 3.63) is 59.7 Å². The van der Waals surface area contributed by atoms with Crippen LogP contribution in [0.2, 0.25) is 0 Å². The number of halogens is 2. The highest BCUT2D eigenvalue weighted by molar-refractivity contribution is 5.64. The fourth-order valence-electron chi connectivity index (χ4n) is 1.95. The molecule has 0 amide bonds. The molecule has 0 atom stereocenters. The third-order valence-corrected chi connectivity index (χ3v) is 2.94. The molecule has 3 heteroatoms. The van der Waals surface area contributed by atoms with Crippen LogP contribution in [0.3, 0.4) is 0 Å². The topological polar surface area (TPSA) is 12.0 Å². The van der Waals surface area contributed by atoms with Gasteiger partial charge in [0.2, 0.25) is 0 Å². The van der Waals surface area contributed by atoms with Gasteiger partial charge in [-0.1, -0.05) is 31.2 Å². The second-order valence-corrected chi connectivity index (χ2v) is 4.51. The minimum Gasteiger partial charge on any atom is -0.313 e. The third-order valence-electron chi connectivity index (χ3n) is 2.94. The smallest absolute Gasteiger partial charge is 0.159 e. The van der Waals surface area contributed by atoms with Crippen molar-refractivity contribution in [1.29, 1.82) is 0 Å². The average molecular weight is 261 g/mol. The Kier molecular flexibility index (Phi) is 4.63. The van der Waals surface area contributed by atoms with E-state index in [1.54, 1.807) is 6.07 Å². The lowest BCUT2D eigenvalue weighted by molar-refractivity contribution is 0.509. The number of nitrogens with one attached hydrogen (secondary N) is 1. The Morgan fingerprint density at radius 1 is 0.947 bits per heavy atom. The summed E-state index contributed by atoms with van der Waals surface area (Å²) in [6, 6.07) is 11.8. The molecule has 100 valence electrons. The maximum atomic E-state index is 13.2. The molecule has 0 fully saturated rings. The SMILES string of the molecule is CCCNCc1cccc(-c2ccc(F)c(F)c2)c1. The molecule has 2 aromatic rings. The Bertz CT molecular complexity index is 552. The van der Waals surface area contributed by atoms with Gasteiger partial charge in [-0.05, 0) is 47.9 Å². The first-order valence-corrected chi connectivity index (χ1v) is 6.46. The van der Waals surface area contributed by atoms with Gasteiger partial charge in [-0.2, -0.15) is 0 Å². The molecular weight excluding hydrogens is 244 g/mol. The van der Waals surface area contributed by atoms with Gasteiger partial charge in [0.1, 0.15) is 0 Å². The van der Waals surface area contributed by atoms with Crippen molar-refractivity contribution in [2.24, 2.45) is 0 Å². The maximum Gasteiger partial charge on any atom is 0.159 e. The summed E-state index contributed by atoms with van der Waals surface area (Å²) >= 11 is 0. The zero-order valence-electron chi connectivity index (χ0n) is 10.9. The van der Waals surface area contributed by atoms with Gasteiger partial charge in [0.05, 0.1) is 0 Å². The van der Waals surface area contributed by atoms with Crippen LogP contribution >= 0.6 is 0 Å². The van der Waals surface area contributed by atoms with Crippen molar-refractivity contribution in [2.45, 2.75) is 19.9 Å². The van der Waals surface area contributed by atoms with Crippen molar-refractivity contribution < 1.29 is 8.78 Å². The van der Waals surface area contributed by atoms with Crippen molar-refractivity contribution in [1.82, 2.24) is 5.32 Å². The Hall–Kier alpha value is -1.74. The molecule has 0 unspecified atom stereocenters. The van der Waals surface area contributed by atoms with E-state index in [1.807, 2.05) is 24.3 Å². The van der Waals surface area contributed by atoms with Gasteiger partial charge >= 0.3 is 0 Å². The van der Waals surface area contributed by atoms with Crippen molar-refractivity contribution in [2.75, 3.05) is 6.54 Å². The summed E-state index contributed by atoms with van der Waals surface area (Å²) in [5, 5.41) is 3.32. The molecule has 0 aromatic heterocycles. The molecule has 0 spiro atoms. The molecule has 0 saturated heterocycles. The Labute approximate surface area is 112 Å². The minimum atomic E-state index is -0.815. The van der Waals surface area contributed by atoms with E-state index in [4.69, 9.17) is 0 Å². The fraction of sp³-hybridized carbons (Fsp3) is 0.250. The molecule has 0 heterocycles. The summed E-state index contributed by atoms with van der Waals surface area (Å²) in [6.45, 7) is 3.87. The van der Waals surface area contributed by atoms with Crippen molar-refractivity contribution >= 4 is 0 Å². The maximum absolute atomic E-state index is 13.2. The standard InChI is InChI=1S/C16H17F2N/c1-2-8-19-11-12-4-3-5-13(9-12)14-6-7-15(17)16(18)10-14/h3-7,9-10,19H,2,8,11H2,1H3. The number of hydrogen-bond donors (Lipinski definition) is 1. The minimum absolute atomic E-state index is 0.691. The van der Waals surface area contributed by atoms with Gasteiger partial charge in [-0.15, -0.1) is 0 Å². The molecule has 2 aromatic carbocycles. The first kappa shape index (κ1) is 13.7. The first-order chi connectivity index (χ1) is 9.20. The van der Waals surface area contributed by atoms with E-state index in [9.17, 15) is 8.78 Å². The van der Waals surface area contributed by atoms with Gasteiger partial charge < -0.3 is 5.32 Å². The van der Waals surface area contributed by atoms with Crippen LogP contribution in [0.1, 0.15) is 18.9 Å². The summed E-state index contributed by atoms with van der Waals surface area (Å²) in [6.07, 6.45) is 1.09. The van der Waals surface area contributed by atoms with Crippen LogP contribution in [-0.4, -0.2) is 6.54 Å². The zero-order valence-corrected chi connectivity index (χ0v) is 10.9. The molecule has 1 N–H and O–H groups in total. The van der Waals surface area contributed by atoms with Gasteiger partial charge in [0.15, 0.2) is 11.6 Å². The molecule has 19 heavy (non-hydrogen) atoms. The van der Waals surface area contributed by atoms with E-state index in [1.165, 1.54) is 6.07 Å². The summed E-state index contributed by atoms with van der Waals surface area (Å²) < 4.78 is 26.1. The van der Waals surface area contributed by atoms with Gasteiger partial charge in [-0.25, -0.2) is 8.78 Å². The van der Waals surface area contributed by atoms with E-state index in [2.05, 4.69) is 12.2 Å². The lowest BCUT2D eigenvalue weighted by atomic mass is 10.0. The van der Waals surface area contributed by atoms with E-state index in [0.29, 0.717) is 5.56 Å². The van der Waals surface area contributed by atoms with E-state index in [0.717, 1.165) is 36.7 Å². The molecule has 0 aliphatic heterocycles. The van der Waals surface area contributed by atoms with Crippen molar-refractivity contribution in [3.63, 3.8) is 0 Å². The highest BCUT2D eigenvalue weighted by atomic mass is 19.2. The molecule has 0 aliphatic carbocycles. The second-order valence-electron chi connectivity index (χ2n) is 4.51. The molecule has 0 aliphatic rings. The predicted octanol–water partition coefficient (Wildman–Crippen LogP) is 4.13. The molecule has 1 nitrogen and oxygen atoms in total. The van der Waals surface area contributed by atoms with E-state index >= 15 is 0 Å². The molecule has 0 saturated carbocycles. The van der Waals surface area contributed by atoms with E-state index in [-0.39, 0.29) is 0 Å². The zero-order chi connectivity index (χ0) is 13.7. The quantitative estimate of drug-likeness (QED) is 0.798. The second kappa shape index (κ2) is 6.43. The van der Waals surface area contributed by atoms with Crippen LogP contribution in [0.5, 0.6) is 0 Å². The Morgan fingerprint density at radius 2 is 1.74 bits per heavy atom. The van der Waals surface area contributed by atoms with Crippen LogP contribution in [0.4, 0.5) is 8.78 Å². The summed E-state index contributed by atoms with van der Waals surface area (Å²) in [5.74, 6) is -1.63. The largest absolute Gasteiger partial charge is 0.313 e. The Balaban J connectivity index is 2.19. The number of rotatable bonds is 5. The number of benzene rings is 2. The first-order valence-electron chi connectivity index (χ1n) is 6.46. The lowest BCUT2D eigenvalue weighted by Crippen LogP contribution is -2.13. The fourth-order valence-corrected chi connectivity index (χ4v) is 1.95. The van der Waals surface area contributed by atoms with Crippen LogP contribution in [0, 0.1) is 11.6 Å². The van der Waals surface area contributed by atoms with Gasteiger partial charge in [0, 0.05) is 6.54 Å². The predicted molar refractivity (Wildman–Crippen MR) is 73.8 cm³/mol.